The Morgan fingerprint density at radius 3 is 1.82 bits per heavy atom. The van der Waals surface area contributed by atoms with Crippen LogP contribution >= 0.6 is 0 Å². The largest absolute Gasteiger partial charge is 0.523 e. The molecule has 17 heavy (non-hydrogen) atoms. The van der Waals surface area contributed by atoms with Crippen molar-refractivity contribution in [3.63, 3.8) is 0 Å². The number of halogens is 3. The van der Waals surface area contributed by atoms with Crippen LogP contribution < -0.4 is 0 Å². The van der Waals surface area contributed by atoms with Gasteiger partial charge in [-0.05, 0) is 11.1 Å². The maximum absolute atomic E-state index is 12.0. The van der Waals surface area contributed by atoms with Crippen LogP contribution in [0.25, 0.3) is 0 Å². The summed E-state index contributed by atoms with van der Waals surface area (Å²) in [5.74, 6) is 0. The van der Waals surface area contributed by atoms with Crippen LogP contribution in [0.4, 0.5) is 13.2 Å². The summed E-state index contributed by atoms with van der Waals surface area (Å²) < 4.78 is 61.3. The van der Waals surface area contributed by atoms with Crippen LogP contribution in [0.2, 0.25) is 24.2 Å². The van der Waals surface area contributed by atoms with Crippen molar-refractivity contribution in [1.82, 2.24) is 0 Å². The quantitative estimate of drug-likeness (QED) is 0.453. The van der Waals surface area contributed by atoms with Gasteiger partial charge in [-0.15, -0.1) is 0 Å². The molecule has 104 valence electrons. The van der Waals surface area contributed by atoms with Crippen LogP contribution in [0.1, 0.15) is 20.8 Å². The zero-order chi connectivity index (χ0) is 14.1. The van der Waals surface area contributed by atoms with E-state index in [0.717, 1.165) is 0 Å². The van der Waals surface area contributed by atoms with Gasteiger partial charge in [0.1, 0.15) is 0 Å². The van der Waals surface area contributed by atoms with Crippen molar-refractivity contribution >= 4 is 18.2 Å². The third-order valence-electron chi connectivity index (χ3n) is 3.28. The molecule has 0 N–H and O–H groups in total. The lowest BCUT2D eigenvalue weighted by Crippen LogP contribution is -2.38. The monoisotopic (exact) mass is 292 g/mol. The average molecular weight is 292 g/mol. The summed E-state index contributed by atoms with van der Waals surface area (Å²) in [4.78, 5) is 0. The molecule has 3 nitrogen and oxygen atoms in total. The highest BCUT2D eigenvalue weighted by Gasteiger charge is 2.47. The van der Waals surface area contributed by atoms with Crippen LogP contribution in [0.5, 0.6) is 0 Å². The molecule has 0 unspecified atom stereocenters. The van der Waals surface area contributed by atoms with E-state index in [2.05, 4.69) is 4.18 Å². The number of rotatable bonds is 4. The van der Waals surface area contributed by atoms with Gasteiger partial charge < -0.3 is 0 Å². The third kappa shape index (κ3) is 4.59. The molecule has 0 radical (unpaired) electrons. The molecule has 0 spiro atoms. The summed E-state index contributed by atoms with van der Waals surface area (Å²) in [7, 11) is -7.26. The molecule has 0 saturated carbocycles. The fraction of sp³-hybridized carbons (Fsp3) is 1.00. The predicted octanol–water partition coefficient (Wildman–Crippen LogP) is 3.36. The number of hydrogen-bond donors (Lipinski definition) is 0. The van der Waals surface area contributed by atoms with Crippen LogP contribution in [-0.4, -0.2) is 28.6 Å². The molecule has 0 heterocycles. The SMILES string of the molecule is CC(C)(C)[Si](C)(C)CCOS(=O)(=O)C(F)(F)F. The summed E-state index contributed by atoms with van der Waals surface area (Å²) in [5, 5.41) is -0.0155. The Balaban J connectivity index is 4.47. The molecule has 0 aromatic rings. The summed E-state index contributed by atoms with van der Waals surface area (Å²) >= 11 is 0. The van der Waals surface area contributed by atoms with E-state index in [4.69, 9.17) is 0 Å². The first-order chi connectivity index (χ1) is 7.21. The molecule has 0 saturated heterocycles. The fourth-order valence-electron chi connectivity index (χ4n) is 0.848. The first kappa shape index (κ1) is 16.9. The van der Waals surface area contributed by atoms with E-state index in [9.17, 15) is 21.6 Å². The second-order valence-electron chi connectivity index (χ2n) is 5.61. The van der Waals surface area contributed by atoms with E-state index in [1.807, 2.05) is 33.9 Å². The molecule has 0 fully saturated rings. The standard InChI is InChI=1S/C9H19F3O3SSi/c1-8(2,3)17(4,5)7-6-15-16(13,14)9(10,11)12/h6-7H2,1-5H3. The Morgan fingerprint density at radius 2 is 1.53 bits per heavy atom. The fourth-order valence-corrected chi connectivity index (χ4v) is 2.80. The van der Waals surface area contributed by atoms with Gasteiger partial charge in [0.05, 0.1) is 14.7 Å². The highest BCUT2D eigenvalue weighted by Crippen LogP contribution is 2.38. The van der Waals surface area contributed by atoms with Crippen LogP contribution in [-0.2, 0) is 14.3 Å². The smallest absolute Gasteiger partial charge is 0.263 e. The Morgan fingerprint density at radius 1 is 1.12 bits per heavy atom. The molecule has 0 amide bonds. The topological polar surface area (TPSA) is 43.4 Å². The van der Waals surface area contributed by atoms with Crippen molar-refractivity contribution in [2.75, 3.05) is 6.61 Å². The van der Waals surface area contributed by atoms with Gasteiger partial charge in [0.15, 0.2) is 0 Å². The second kappa shape index (κ2) is 4.89. The van der Waals surface area contributed by atoms with Crippen molar-refractivity contribution in [2.24, 2.45) is 0 Å². The minimum atomic E-state index is -5.44. The van der Waals surface area contributed by atoms with Gasteiger partial charge in [-0.3, -0.25) is 4.18 Å². The van der Waals surface area contributed by atoms with E-state index in [1.165, 1.54) is 0 Å². The van der Waals surface area contributed by atoms with Crippen LogP contribution in [0.3, 0.4) is 0 Å². The van der Waals surface area contributed by atoms with Crippen molar-refractivity contribution < 1.29 is 25.8 Å². The van der Waals surface area contributed by atoms with E-state index < -0.39 is 30.3 Å². The molecular formula is C9H19F3O3SSi. The van der Waals surface area contributed by atoms with Crippen LogP contribution in [0.15, 0.2) is 0 Å². The first-order valence-electron chi connectivity index (χ1n) is 5.16. The lowest BCUT2D eigenvalue weighted by Gasteiger charge is -2.36. The normalized spacial score (nSPS) is 15.1. The maximum Gasteiger partial charge on any atom is 0.523 e. The van der Waals surface area contributed by atoms with Crippen molar-refractivity contribution in [2.45, 2.75) is 50.5 Å². The van der Waals surface area contributed by atoms with E-state index in [-0.39, 0.29) is 5.04 Å². The van der Waals surface area contributed by atoms with Crippen molar-refractivity contribution in [1.29, 1.82) is 0 Å². The summed E-state index contributed by atoms with van der Waals surface area (Å²) in [5.41, 5.74) is -5.33. The van der Waals surface area contributed by atoms with Gasteiger partial charge in [0, 0.05) is 0 Å². The average Bonchev–Trinajstić information content (AvgIpc) is 1.98. The molecule has 0 bridgehead atoms. The van der Waals surface area contributed by atoms with Gasteiger partial charge in [-0.1, -0.05) is 33.9 Å². The van der Waals surface area contributed by atoms with Crippen LogP contribution in [0, 0.1) is 0 Å². The minimum absolute atomic E-state index is 0.0155. The molecule has 0 atom stereocenters. The first-order valence-corrected chi connectivity index (χ1v) is 9.78. The van der Waals surface area contributed by atoms with E-state index in [0.29, 0.717) is 6.04 Å². The maximum atomic E-state index is 12.0. The molecule has 0 aliphatic heterocycles. The highest BCUT2D eigenvalue weighted by molar-refractivity contribution is 7.87. The van der Waals surface area contributed by atoms with Gasteiger partial charge in [-0.25, -0.2) is 0 Å². The molecule has 0 aliphatic carbocycles. The zero-order valence-corrected chi connectivity index (χ0v) is 12.5. The van der Waals surface area contributed by atoms with Crippen molar-refractivity contribution in [3.8, 4) is 0 Å². The van der Waals surface area contributed by atoms with Gasteiger partial charge >= 0.3 is 15.6 Å². The Hall–Kier alpha value is -0.0831. The molecular weight excluding hydrogens is 273 g/mol. The number of alkyl halides is 3. The summed E-state index contributed by atoms with van der Waals surface area (Å²) in [6.07, 6.45) is 0. The third-order valence-corrected chi connectivity index (χ3v) is 9.84. The summed E-state index contributed by atoms with van der Waals surface area (Å²) in [6.45, 7) is 9.58. The van der Waals surface area contributed by atoms with E-state index in [1.54, 1.807) is 0 Å². The van der Waals surface area contributed by atoms with Crippen molar-refractivity contribution in [3.05, 3.63) is 0 Å². The van der Waals surface area contributed by atoms with Gasteiger partial charge in [0.25, 0.3) is 0 Å². The molecule has 8 heteroatoms. The predicted molar refractivity (Wildman–Crippen MR) is 62.9 cm³/mol. The molecule has 0 rings (SSSR count). The molecule has 0 aromatic heterocycles. The number of hydrogen-bond acceptors (Lipinski definition) is 3. The lowest BCUT2D eigenvalue weighted by molar-refractivity contribution is -0.0539. The highest BCUT2D eigenvalue weighted by atomic mass is 32.2. The van der Waals surface area contributed by atoms with Gasteiger partial charge in [-0.2, -0.15) is 21.6 Å². The Kier molecular flexibility index (Phi) is 4.86. The molecule has 0 aliphatic rings. The second-order valence-corrected chi connectivity index (χ2v) is 13.0. The Bertz CT molecular complexity index is 355. The lowest BCUT2D eigenvalue weighted by atomic mass is 10.2. The molecule has 0 aromatic carbocycles. The van der Waals surface area contributed by atoms with Gasteiger partial charge in [0.2, 0.25) is 0 Å². The zero-order valence-electron chi connectivity index (χ0n) is 10.7. The summed E-state index contributed by atoms with van der Waals surface area (Å²) in [6, 6.07) is 0.367. The Labute approximate surface area is 101 Å². The minimum Gasteiger partial charge on any atom is -0.263 e. The van der Waals surface area contributed by atoms with E-state index >= 15 is 0 Å².